The summed E-state index contributed by atoms with van der Waals surface area (Å²) in [7, 11) is -4.05. The highest BCUT2D eigenvalue weighted by atomic mass is 127. The van der Waals surface area contributed by atoms with Gasteiger partial charge < -0.3 is 15.6 Å². The van der Waals surface area contributed by atoms with Gasteiger partial charge in [-0.3, -0.25) is 4.72 Å². The lowest BCUT2D eigenvalue weighted by atomic mass is 10.1. The molecule has 0 atom stereocenters. The van der Waals surface area contributed by atoms with E-state index in [4.69, 9.17) is 0 Å². The molecule has 0 spiro atoms. The molecule has 2 aromatic carbocycles. The number of anilines is 3. The van der Waals surface area contributed by atoms with E-state index in [1.54, 1.807) is 6.07 Å². The fraction of sp³-hybridized carbons (Fsp3) is 0.273. The largest absolute Gasteiger partial charge is 0.364 e. The number of H-pyrrole nitrogens is 1. The Kier molecular flexibility index (Phi) is 7.70. The van der Waals surface area contributed by atoms with E-state index >= 15 is 0 Å². The van der Waals surface area contributed by atoms with Crippen LogP contribution in [0.15, 0.2) is 48.7 Å². The van der Waals surface area contributed by atoms with Gasteiger partial charge in [-0.1, -0.05) is 0 Å². The highest BCUT2D eigenvalue weighted by Crippen LogP contribution is 2.33. The van der Waals surface area contributed by atoms with E-state index in [2.05, 4.69) is 20.3 Å². The number of nitrogens with zero attached hydrogens (tertiary/aromatic N) is 1. The average Bonchev–Trinajstić information content (AvgIpc) is 3.33. The maximum absolute atomic E-state index is 14.6. The molecule has 4 N–H and O–H groups in total. The van der Waals surface area contributed by atoms with Crippen molar-refractivity contribution < 1.29 is 21.6 Å². The second kappa shape index (κ2) is 10.5. The van der Waals surface area contributed by atoms with Crippen molar-refractivity contribution in [3.63, 3.8) is 0 Å². The van der Waals surface area contributed by atoms with Crippen molar-refractivity contribution in [3.05, 3.63) is 75.4 Å². The van der Waals surface area contributed by atoms with Gasteiger partial charge in [0.1, 0.15) is 11.5 Å². The molecule has 182 valence electrons. The number of aromatic amines is 1. The normalized spacial score (nSPS) is 15.4. The van der Waals surface area contributed by atoms with Gasteiger partial charge in [-0.05, 0) is 77.9 Å². The lowest BCUT2D eigenvalue weighted by molar-refractivity contribution is 0.289. The van der Waals surface area contributed by atoms with Gasteiger partial charge in [-0.2, -0.15) is 12.7 Å². The Morgan fingerprint density at radius 1 is 1.03 bits per heavy atom. The van der Waals surface area contributed by atoms with Gasteiger partial charge in [-0.15, -0.1) is 0 Å². The van der Waals surface area contributed by atoms with Gasteiger partial charge >= 0.3 is 10.2 Å². The van der Waals surface area contributed by atoms with Gasteiger partial charge in [0.25, 0.3) is 0 Å². The van der Waals surface area contributed by atoms with Crippen LogP contribution in [0.5, 0.6) is 0 Å². The third-order valence-electron chi connectivity index (χ3n) is 5.56. The monoisotopic (exact) mass is 605 g/mol. The second-order valence-electron chi connectivity index (χ2n) is 7.89. The van der Waals surface area contributed by atoms with Crippen molar-refractivity contribution in [1.29, 1.82) is 0 Å². The summed E-state index contributed by atoms with van der Waals surface area (Å²) >= 11 is 1.92. The first-order valence-corrected chi connectivity index (χ1v) is 13.1. The minimum absolute atomic E-state index is 0.112. The molecule has 0 unspecified atom stereocenters. The number of hydrogen-bond donors (Lipinski definition) is 4. The zero-order valence-corrected chi connectivity index (χ0v) is 20.9. The zero-order valence-electron chi connectivity index (χ0n) is 17.9. The van der Waals surface area contributed by atoms with Crippen LogP contribution in [-0.2, 0) is 16.8 Å². The number of hydrogen-bond acceptors (Lipinski definition) is 4. The topological polar surface area (TPSA) is 89.3 Å². The lowest BCUT2D eigenvalue weighted by Crippen LogP contribution is -2.46. The Morgan fingerprint density at radius 3 is 2.44 bits per heavy atom. The molecule has 1 aliphatic heterocycles. The van der Waals surface area contributed by atoms with Crippen LogP contribution in [-0.4, -0.2) is 36.8 Å². The van der Waals surface area contributed by atoms with Gasteiger partial charge in [0.05, 0.1) is 11.4 Å². The van der Waals surface area contributed by atoms with E-state index in [0.717, 1.165) is 17.8 Å². The fourth-order valence-corrected chi connectivity index (χ4v) is 5.44. The van der Waals surface area contributed by atoms with Crippen LogP contribution in [0.3, 0.4) is 0 Å². The second-order valence-corrected chi connectivity index (χ2v) is 10.8. The summed E-state index contributed by atoms with van der Waals surface area (Å²) in [6.45, 7) is 1.17. The third kappa shape index (κ3) is 5.85. The first-order valence-electron chi connectivity index (χ1n) is 10.6. The standard InChI is InChI=1S/C22H23F3IN5O2S/c23-17-4-6-20(22(21(17)25)29-19-5-3-14(26)12-18(19)24)30-34(32,33)31-10-7-15(8-11-31)28-13-16-2-1-9-27-16/h1-6,9,12,15,27-30H,7-8,10-11,13H2. The third-order valence-corrected chi connectivity index (χ3v) is 7.76. The molecule has 0 saturated carbocycles. The molecule has 1 saturated heterocycles. The Balaban J connectivity index is 1.45. The average molecular weight is 605 g/mol. The predicted molar refractivity (Wildman–Crippen MR) is 134 cm³/mol. The van der Waals surface area contributed by atoms with E-state index in [1.165, 1.54) is 16.4 Å². The fourth-order valence-electron chi connectivity index (χ4n) is 3.72. The van der Waals surface area contributed by atoms with Crippen LogP contribution in [0.2, 0.25) is 0 Å². The summed E-state index contributed by atoms with van der Waals surface area (Å²) < 4.78 is 73.0. The quantitative estimate of drug-likeness (QED) is 0.281. The Hall–Kier alpha value is -2.29. The highest BCUT2D eigenvalue weighted by Gasteiger charge is 2.29. The molecule has 1 aromatic heterocycles. The first kappa shape index (κ1) is 24.8. The molecule has 4 rings (SSSR count). The Labute approximate surface area is 209 Å². The molecule has 0 bridgehead atoms. The summed E-state index contributed by atoms with van der Waals surface area (Å²) in [6, 6.07) is 10.1. The molecule has 0 radical (unpaired) electrons. The molecule has 1 aliphatic rings. The van der Waals surface area contributed by atoms with Crippen molar-refractivity contribution in [3.8, 4) is 0 Å². The van der Waals surface area contributed by atoms with E-state index in [0.29, 0.717) is 23.0 Å². The molecule has 0 amide bonds. The van der Waals surface area contributed by atoms with Crippen molar-refractivity contribution in [1.82, 2.24) is 14.6 Å². The zero-order chi connectivity index (χ0) is 24.3. The molecule has 1 fully saturated rings. The predicted octanol–water partition coefficient (Wildman–Crippen LogP) is 4.69. The molecule has 34 heavy (non-hydrogen) atoms. The van der Waals surface area contributed by atoms with Crippen LogP contribution < -0.4 is 15.4 Å². The number of aromatic nitrogens is 1. The maximum Gasteiger partial charge on any atom is 0.301 e. The van der Waals surface area contributed by atoms with Gasteiger partial charge in [0, 0.05) is 41.1 Å². The molecular formula is C22H23F3IN5O2S. The number of nitrogens with one attached hydrogen (secondary N) is 4. The highest BCUT2D eigenvalue weighted by molar-refractivity contribution is 14.1. The smallest absolute Gasteiger partial charge is 0.301 e. The molecular weight excluding hydrogens is 582 g/mol. The number of piperidine rings is 1. The van der Waals surface area contributed by atoms with E-state index in [9.17, 15) is 21.6 Å². The van der Waals surface area contributed by atoms with Crippen molar-refractivity contribution >= 4 is 49.9 Å². The summed E-state index contributed by atoms with van der Waals surface area (Å²) in [5.74, 6) is -3.19. The Bertz CT molecular complexity index is 1250. The minimum atomic E-state index is -4.05. The molecule has 2 heterocycles. The van der Waals surface area contributed by atoms with E-state index in [1.807, 2.05) is 40.9 Å². The molecule has 0 aliphatic carbocycles. The van der Waals surface area contributed by atoms with Gasteiger partial charge in [0.2, 0.25) is 0 Å². The molecule has 7 nitrogen and oxygen atoms in total. The van der Waals surface area contributed by atoms with Crippen LogP contribution in [0.1, 0.15) is 18.5 Å². The SMILES string of the molecule is O=S(=O)(Nc1ccc(F)c(F)c1Nc1ccc(I)cc1F)N1CCC(NCc2ccc[nH]2)CC1. The van der Waals surface area contributed by atoms with Crippen LogP contribution in [0.25, 0.3) is 0 Å². The lowest BCUT2D eigenvalue weighted by Gasteiger charge is -2.32. The van der Waals surface area contributed by atoms with Gasteiger partial charge in [-0.25, -0.2) is 13.2 Å². The van der Waals surface area contributed by atoms with Crippen molar-refractivity contribution in [2.24, 2.45) is 0 Å². The van der Waals surface area contributed by atoms with E-state index < -0.39 is 33.3 Å². The van der Waals surface area contributed by atoms with Crippen molar-refractivity contribution in [2.75, 3.05) is 23.1 Å². The van der Waals surface area contributed by atoms with Crippen LogP contribution in [0.4, 0.5) is 30.2 Å². The molecule has 12 heteroatoms. The first-order chi connectivity index (χ1) is 16.2. The number of benzene rings is 2. The minimum Gasteiger partial charge on any atom is -0.364 e. The van der Waals surface area contributed by atoms with Gasteiger partial charge in [0.15, 0.2) is 11.6 Å². The maximum atomic E-state index is 14.6. The summed E-state index contributed by atoms with van der Waals surface area (Å²) in [5, 5.41) is 5.88. The summed E-state index contributed by atoms with van der Waals surface area (Å²) in [4.78, 5) is 3.11. The van der Waals surface area contributed by atoms with Crippen LogP contribution in [0, 0.1) is 21.0 Å². The summed E-state index contributed by atoms with van der Waals surface area (Å²) in [5.41, 5.74) is 0.217. The summed E-state index contributed by atoms with van der Waals surface area (Å²) in [6.07, 6.45) is 3.03. The van der Waals surface area contributed by atoms with Crippen LogP contribution >= 0.6 is 22.6 Å². The number of rotatable bonds is 8. The Morgan fingerprint density at radius 2 is 1.76 bits per heavy atom. The number of halogens is 4. The molecule has 3 aromatic rings. The van der Waals surface area contributed by atoms with Crippen molar-refractivity contribution in [2.45, 2.75) is 25.4 Å². The van der Waals surface area contributed by atoms with E-state index in [-0.39, 0.29) is 30.5 Å².